The van der Waals surface area contributed by atoms with Crippen LogP contribution in [0.3, 0.4) is 0 Å². The van der Waals surface area contributed by atoms with Gasteiger partial charge in [0.1, 0.15) is 5.82 Å². The highest BCUT2D eigenvalue weighted by Crippen LogP contribution is 2.34. The van der Waals surface area contributed by atoms with E-state index in [-0.39, 0.29) is 12.0 Å². The highest BCUT2D eigenvalue weighted by molar-refractivity contribution is 6.03. The number of aromatic nitrogens is 1. The molecule has 3 aromatic rings. The van der Waals surface area contributed by atoms with Gasteiger partial charge in [0.25, 0.3) is 0 Å². The van der Waals surface area contributed by atoms with Gasteiger partial charge in [-0.15, -0.1) is 0 Å². The molecular formula is C21H25N3O. The van der Waals surface area contributed by atoms with E-state index in [4.69, 9.17) is 5.73 Å². The van der Waals surface area contributed by atoms with Gasteiger partial charge < -0.3 is 16.2 Å². The van der Waals surface area contributed by atoms with Crippen molar-refractivity contribution in [1.29, 1.82) is 0 Å². The van der Waals surface area contributed by atoms with Crippen molar-refractivity contribution < 1.29 is 5.11 Å². The van der Waals surface area contributed by atoms with Crippen molar-refractivity contribution in [3.05, 3.63) is 54.2 Å². The van der Waals surface area contributed by atoms with E-state index >= 15 is 0 Å². The molecule has 130 valence electrons. The maximum absolute atomic E-state index is 9.47. The number of anilines is 2. The standard InChI is InChI=1S/C21H25N3O/c1-14-5-4-6-17-19(14)18(15-7-9-16(22)10-8-15)11-23-20(17)24-12-21(2,3)13-25/h4-11,25H,12-13,22H2,1-3H3,(H,23,24). The molecule has 0 radical (unpaired) electrons. The fraction of sp³-hybridized carbons (Fsp3) is 0.286. The van der Waals surface area contributed by atoms with E-state index in [1.54, 1.807) is 0 Å². The number of hydrogen-bond acceptors (Lipinski definition) is 4. The molecule has 0 unspecified atom stereocenters. The first kappa shape index (κ1) is 17.2. The molecule has 0 spiro atoms. The molecule has 1 heterocycles. The lowest BCUT2D eigenvalue weighted by molar-refractivity contribution is 0.171. The van der Waals surface area contributed by atoms with Crippen molar-refractivity contribution in [2.45, 2.75) is 20.8 Å². The predicted octanol–water partition coefficient (Wildman–Crippen LogP) is 4.22. The molecule has 3 rings (SSSR count). The van der Waals surface area contributed by atoms with Crippen molar-refractivity contribution in [2.75, 3.05) is 24.2 Å². The Morgan fingerprint density at radius 3 is 2.52 bits per heavy atom. The Hall–Kier alpha value is -2.59. The van der Waals surface area contributed by atoms with Gasteiger partial charge in [0.15, 0.2) is 0 Å². The van der Waals surface area contributed by atoms with Crippen LogP contribution in [0.25, 0.3) is 21.9 Å². The first-order valence-corrected chi connectivity index (χ1v) is 8.50. The molecule has 0 saturated heterocycles. The average Bonchev–Trinajstić information content (AvgIpc) is 2.61. The summed E-state index contributed by atoms with van der Waals surface area (Å²) in [7, 11) is 0. The lowest BCUT2D eigenvalue weighted by atomic mass is 9.94. The molecule has 0 saturated carbocycles. The van der Waals surface area contributed by atoms with Gasteiger partial charge in [-0.2, -0.15) is 0 Å². The number of aliphatic hydroxyl groups excluding tert-OH is 1. The molecule has 4 nitrogen and oxygen atoms in total. The largest absolute Gasteiger partial charge is 0.399 e. The van der Waals surface area contributed by atoms with E-state index in [0.717, 1.165) is 28.0 Å². The van der Waals surface area contributed by atoms with Crippen molar-refractivity contribution in [1.82, 2.24) is 4.98 Å². The number of fused-ring (bicyclic) bond motifs is 1. The van der Waals surface area contributed by atoms with Crippen LogP contribution >= 0.6 is 0 Å². The number of nitrogens with zero attached hydrogens (tertiary/aromatic N) is 1. The van der Waals surface area contributed by atoms with E-state index in [0.29, 0.717) is 6.54 Å². The van der Waals surface area contributed by atoms with Crippen LogP contribution in [-0.2, 0) is 0 Å². The molecule has 2 aromatic carbocycles. The van der Waals surface area contributed by atoms with Crippen LogP contribution < -0.4 is 11.1 Å². The molecule has 0 aliphatic heterocycles. The lowest BCUT2D eigenvalue weighted by Gasteiger charge is -2.23. The maximum atomic E-state index is 9.47. The third-order valence-electron chi connectivity index (χ3n) is 4.50. The molecule has 25 heavy (non-hydrogen) atoms. The van der Waals surface area contributed by atoms with E-state index in [2.05, 4.69) is 35.4 Å². The Morgan fingerprint density at radius 1 is 1.12 bits per heavy atom. The number of benzene rings is 2. The smallest absolute Gasteiger partial charge is 0.133 e. The topological polar surface area (TPSA) is 71.2 Å². The van der Waals surface area contributed by atoms with E-state index in [1.165, 1.54) is 10.9 Å². The minimum Gasteiger partial charge on any atom is -0.399 e. The maximum Gasteiger partial charge on any atom is 0.133 e. The molecule has 0 fully saturated rings. The number of nitrogens with two attached hydrogens (primary N) is 1. The Bertz CT molecular complexity index is 886. The molecule has 0 atom stereocenters. The highest BCUT2D eigenvalue weighted by Gasteiger charge is 2.18. The minimum absolute atomic E-state index is 0.125. The predicted molar refractivity (Wildman–Crippen MR) is 106 cm³/mol. The van der Waals surface area contributed by atoms with Crippen LogP contribution in [0.5, 0.6) is 0 Å². The Kier molecular flexibility index (Phi) is 4.64. The van der Waals surface area contributed by atoms with Gasteiger partial charge in [-0.3, -0.25) is 0 Å². The number of hydrogen-bond donors (Lipinski definition) is 3. The molecular weight excluding hydrogens is 310 g/mol. The van der Waals surface area contributed by atoms with Gasteiger partial charge in [-0.05, 0) is 35.6 Å². The number of aliphatic hydroxyl groups is 1. The molecule has 1 aromatic heterocycles. The van der Waals surface area contributed by atoms with Gasteiger partial charge >= 0.3 is 0 Å². The molecule has 0 aliphatic carbocycles. The third kappa shape index (κ3) is 3.59. The zero-order valence-corrected chi connectivity index (χ0v) is 15.0. The normalized spacial score (nSPS) is 11.7. The van der Waals surface area contributed by atoms with Crippen LogP contribution in [0.4, 0.5) is 11.5 Å². The first-order valence-electron chi connectivity index (χ1n) is 8.50. The zero-order valence-electron chi connectivity index (χ0n) is 15.0. The number of nitrogen functional groups attached to an aromatic ring is 1. The van der Waals surface area contributed by atoms with Crippen molar-refractivity contribution >= 4 is 22.3 Å². The van der Waals surface area contributed by atoms with Crippen LogP contribution in [0.15, 0.2) is 48.7 Å². The summed E-state index contributed by atoms with van der Waals surface area (Å²) in [5, 5.41) is 15.1. The Labute approximate surface area is 148 Å². The summed E-state index contributed by atoms with van der Waals surface area (Å²) >= 11 is 0. The summed E-state index contributed by atoms with van der Waals surface area (Å²) in [6.45, 7) is 6.94. The summed E-state index contributed by atoms with van der Waals surface area (Å²) in [5.74, 6) is 0.847. The fourth-order valence-electron chi connectivity index (χ4n) is 2.89. The van der Waals surface area contributed by atoms with E-state index < -0.39 is 0 Å². The molecule has 4 heteroatoms. The number of pyridine rings is 1. The van der Waals surface area contributed by atoms with Gasteiger partial charge in [0.2, 0.25) is 0 Å². The molecule has 0 aliphatic rings. The summed E-state index contributed by atoms with van der Waals surface area (Å²) in [5.41, 5.74) is 9.77. The second-order valence-electron chi connectivity index (χ2n) is 7.32. The third-order valence-corrected chi connectivity index (χ3v) is 4.50. The summed E-state index contributed by atoms with van der Waals surface area (Å²) in [6, 6.07) is 14.1. The quantitative estimate of drug-likeness (QED) is 0.610. The average molecular weight is 335 g/mol. The van der Waals surface area contributed by atoms with E-state index in [9.17, 15) is 5.11 Å². The molecule has 4 N–H and O–H groups in total. The summed E-state index contributed by atoms with van der Waals surface area (Å²) in [6.07, 6.45) is 1.91. The second kappa shape index (κ2) is 6.73. The highest BCUT2D eigenvalue weighted by atomic mass is 16.3. The monoisotopic (exact) mass is 335 g/mol. The van der Waals surface area contributed by atoms with Crippen molar-refractivity contribution in [3.8, 4) is 11.1 Å². The lowest BCUT2D eigenvalue weighted by Crippen LogP contribution is -2.27. The number of nitrogens with one attached hydrogen (secondary N) is 1. The minimum atomic E-state index is -0.201. The summed E-state index contributed by atoms with van der Waals surface area (Å²) in [4.78, 5) is 4.66. The summed E-state index contributed by atoms with van der Waals surface area (Å²) < 4.78 is 0. The number of rotatable bonds is 5. The molecule has 0 amide bonds. The second-order valence-corrected chi connectivity index (χ2v) is 7.32. The van der Waals surface area contributed by atoms with Gasteiger partial charge in [-0.25, -0.2) is 4.98 Å². The van der Waals surface area contributed by atoms with E-state index in [1.807, 2.05) is 44.3 Å². The van der Waals surface area contributed by atoms with Crippen LogP contribution in [-0.4, -0.2) is 23.2 Å². The first-order chi connectivity index (χ1) is 11.9. The fourth-order valence-corrected chi connectivity index (χ4v) is 2.89. The molecule has 0 bridgehead atoms. The zero-order chi connectivity index (χ0) is 18.0. The Balaban J connectivity index is 2.10. The van der Waals surface area contributed by atoms with Gasteiger partial charge in [0, 0.05) is 41.4 Å². The van der Waals surface area contributed by atoms with Crippen LogP contribution in [0, 0.1) is 12.3 Å². The van der Waals surface area contributed by atoms with Crippen LogP contribution in [0.2, 0.25) is 0 Å². The Morgan fingerprint density at radius 2 is 1.84 bits per heavy atom. The SMILES string of the molecule is Cc1cccc2c(NCC(C)(C)CO)ncc(-c3ccc(N)cc3)c12. The van der Waals surface area contributed by atoms with Crippen molar-refractivity contribution in [3.63, 3.8) is 0 Å². The van der Waals surface area contributed by atoms with Gasteiger partial charge in [0.05, 0.1) is 0 Å². The van der Waals surface area contributed by atoms with Gasteiger partial charge in [-0.1, -0.05) is 44.2 Å². The van der Waals surface area contributed by atoms with Crippen molar-refractivity contribution in [2.24, 2.45) is 5.41 Å². The van der Waals surface area contributed by atoms with Crippen LogP contribution in [0.1, 0.15) is 19.4 Å². The number of aryl methyl sites for hydroxylation is 1.